The summed E-state index contributed by atoms with van der Waals surface area (Å²) in [5, 5.41) is 2.83. The average Bonchev–Trinajstić information content (AvgIpc) is 2.01. The van der Waals surface area contributed by atoms with Gasteiger partial charge in [0.15, 0.2) is 0 Å². The topological polar surface area (TPSA) is 29.1 Å². The minimum Gasteiger partial charge on any atom is -0.340 e. The molecule has 0 aromatic heterocycles. The smallest absolute Gasteiger partial charge is 0.221 e. The van der Waals surface area contributed by atoms with Crippen molar-refractivity contribution in [3.8, 4) is 12.3 Å². The molecule has 2 nitrogen and oxygen atoms in total. The van der Waals surface area contributed by atoms with E-state index in [0.717, 1.165) is 0 Å². The van der Waals surface area contributed by atoms with Crippen molar-refractivity contribution in [2.45, 2.75) is 53.5 Å². The zero-order valence-electron chi connectivity index (χ0n) is 10.8. The Kier molecular flexibility index (Phi) is 4.40. The van der Waals surface area contributed by atoms with E-state index < -0.39 is 5.54 Å². The van der Waals surface area contributed by atoms with Crippen molar-refractivity contribution >= 4 is 5.91 Å². The molecule has 0 radical (unpaired) electrons. The summed E-state index contributed by atoms with van der Waals surface area (Å²) in [7, 11) is 0. The van der Waals surface area contributed by atoms with Gasteiger partial charge in [-0.15, -0.1) is 6.42 Å². The largest absolute Gasteiger partial charge is 0.340 e. The molecule has 0 saturated carbocycles. The van der Waals surface area contributed by atoms with Crippen LogP contribution in [0, 0.1) is 23.7 Å². The second-order valence-electron chi connectivity index (χ2n) is 5.79. The number of hydrogen-bond acceptors (Lipinski definition) is 1. The zero-order valence-corrected chi connectivity index (χ0v) is 10.8. The summed E-state index contributed by atoms with van der Waals surface area (Å²) in [4.78, 5) is 11.7. The Hall–Kier alpha value is -0.970. The molecule has 0 fully saturated rings. The second kappa shape index (κ2) is 4.70. The third kappa shape index (κ3) is 5.47. The SMILES string of the molecule is C#CC(C)(C)NC(=O)CC(C)C(C)(C)C. The van der Waals surface area contributed by atoms with Crippen LogP contribution in [0.15, 0.2) is 0 Å². The molecule has 1 atom stereocenters. The first kappa shape index (κ1) is 14.0. The van der Waals surface area contributed by atoms with E-state index in [-0.39, 0.29) is 11.3 Å². The molecule has 0 aliphatic carbocycles. The molecule has 1 unspecified atom stereocenters. The molecule has 15 heavy (non-hydrogen) atoms. The van der Waals surface area contributed by atoms with Crippen molar-refractivity contribution < 1.29 is 4.79 Å². The van der Waals surface area contributed by atoms with Crippen LogP contribution in [0.2, 0.25) is 0 Å². The van der Waals surface area contributed by atoms with E-state index in [1.165, 1.54) is 0 Å². The van der Waals surface area contributed by atoms with Gasteiger partial charge in [0, 0.05) is 6.42 Å². The number of nitrogens with one attached hydrogen (secondary N) is 1. The fourth-order valence-corrected chi connectivity index (χ4v) is 1.02. The summed E-state index contributed by atoms with van der Waals surface area (Å²) in [6, 6.07) is 0. The quantitative estimate of drug-likeness (QED) is 0.711. The molecular weight excluding hydrogens is 186 g/mol. The van der Waals surface area contributed by atoms with Crippen molar-refractivity contribution in [1.29, 1.82) is 0 Å². The first-order valence-electron chi connectivity index (χ1n) is 5.37. The number of hydrogen-bond donors (Lipinski definition) is 1. The summed E-state index contributed by atoms with van der Waals surface area (Å²) in [5.41, 5.74) is -0.397. The Bertz CT molecular complexity index is 265. The van der Waals surface area contributed by atoms with Gasteiger partial charge in [0.2, 0.25) is 5.91 Å². The van der Waals surface area contributed by atoms with Crippen LogP contribution in [-0.2, 0) is 4.79 Å². The van der Waals surface area contributed by atoms with Crippen LogP contribution >= 0.6 is 0 Å². The molecule has 0 rings (SSSR count). The monoisotopic (exact) mass is 209 g/mol. The summed E-state index contributed by atoms with van der Waals surface area (Å²) in [6.45, 7) is 12.1. The highest BCUT2D eigenvalue weighted by atomic mass is 16.1. The molecule has 0 saturated heterocycles. The second-order valence-corrected chi connectivity index (χ2v) is 5.79. The van der Waals surface area contributed by atoms with Crippen LogP contribution in [0.25, 0.3) is 0 Å². The third-order valence-electron chi connectivity index (χ3n) is 2.78. The molecule has 0 heterocycles. The predicted molar refractivity (Wildman–Crippen MR) is 64.3 cm³/mol. The Labute approximate surface area is 93.8 Å². The summed E-state index contributed by atoms with van der Waals surface area (Å²) < 4.78 is 0. The molecule has 0 aliphatic rings. The van der Waals surface area contributed by atoms with E-state index in [4.69, 9.17) is 6.42 Å². The van der Waals surface area contributed by atoms with Gasteiger partial charge < -0.3 is 5.32 Å². The lowest BCUT2D eigenvalue weighted by Crippen LogP contribution is -2.43. The fraction of sp³-hybridized carbons (Fsp3) is 0.769. The number of terminal acetylenes is 1. The van der Waals surface area contributed by atoms with E-state index in [1.807, 2.05) is 13.8 Å². The number of carbonyl (C=O) groups is 1. The normalized spacial score (nSPS) is 14.2. The third-order valence-corrected chi connectivity index (χ3v) is 2.78. The van der Waals surface area contributed by atoms with Crippen LogP contribution < -0.4 is 5.32 Å². The lowest BCUT2D eigenvalue weighted by atomic mass is 9.80. The maximum Gasteiger partial charge on any atom is 0.221 e. The Morgan fingerprint density at radius 1 is 1.33 bits per heavy atom. The highest BCUT2D eigenvalue weighted by Crippen LogP contribution is 2.27. The van der Waals surface area contributed by atoms with Gasteiger partial charge >= 0.3 is 0 Å². The standard InChI is InChI=1S/C13H23NO/c1-8-13(6,7)14-11(15)9-10(2)12(3,4)5/h1,10H,9H2,2-7H3,(H,14,15). The molecule has 0 bridgehead atoms. The average molecular weight is 209 g/mol. The lowest BCUT2D eigenvalue weighted by molar-refractivity contribution is -0.123. The minimum atomic E-state index is -0.547. The van der Waals surface area contributed by atoms with Gasteiger partial charge in [-0.2, -0.15) is 0 Å². The van der Waals surface area contributed by atoms with Gasteiger partial charge in [-0.05, 0) is 25.2 Å². The highest BCUT2D eigenvalue weighted by Gasteiger charge is 2.24. The summed E-state index contributed by atoms with van der Waals surface area (Å²) >= 11 is 0. The van der Waals surface area contributed by atoms with E-state index in [9.17, 15) is 4.79 Å². The number of amides is 1. The van der Waals surface area contributed by atoms with Crippen LogP contribution in [-0.4, -0.2) is 11.4 Å². The van der Waals surface area contributed by atoms with Crippen LogP contribution in [0.1, 0.15) is 48.0 Å². The Balaban J connectivity index is 4.24. The molecule has 1 N–H and O–H groups in total. The van der Waals surface area contributed by atoms with E-state index >= 15 is 0 Å². The zero-order chi connectivity index (χ0) is 12.3. The summed E-state index contributed by atoms with van der Waals surface area (Å²) in [6.07, 6.45) is 5.83. The van der Waals surface area contributed by atoms with Crippen molar-refractivity contribution in [1.82, 2.24) is 5.32 Å². The van der Waals surface area contributed by atoms with E-state index in [2.05, 4.69) is 38.9 Å². The van der Waals surface area contributed by atoms with Gasteiger partial charge in [0.1, 0.15) is 0 Å². The first-order valence-corrected chi connectivity index (χ1v) is 5.37. The van der Waals surface area contributed by atoms with Gasteiger partial charge in [-0.1, -0.05) is 33.6 Å². The fourth-order valence-electron chi connectivity index (χ4n) is 1.02. The molecular formula is C13H23NO. The van der Waals surface area contributed by atoms with Crippen molar-refractivity contribution in [2.24, 2.45) is 11.3 Å². The van der Waals surface area contributed by atoms with Gasteiger partial charge in [-0.3, -0.25) is 4.79 Å². The van der Waals surface area contributed by atoms with E-state index in [0.29, 0.717) is 12.3 Å². The van der Waals surface area contributed by atoms with Crippen LogP contribution in [0.4, 0.5) is 0 Å². The molecule has 0 aromatic carbocycles. The van der Waals surface area contributed by atoms with Crippen LogP contribution in [0.3, 0.4) is 0 Å². The predicted octanol–water partition coefficient (Wildman–Crippen LogP) is 2.59. The molecule has 0 aromatic rings. The maximum atomic E-state index is 11.7. The van der Waals surface area contributed by atoms with Crippen molar-refractivity contribution in [3.63, 3.8) is 0 Å². The van der Waals surface area contributed by atoms with Gasteiger partial charge in [0.25, 0.3) is 0 Å². The summed E-state index contributed by atoms with van der Waals surface area (Å²) in [5.74, 6) is 2.92. The van der Waals surface area contributed by atoms with Crippen LogP contribution in [0.5, 0.6) is 0 Å². The first-order chi connectivity index (χ1) is 6.58. The number of rotatable bonds is 3. The molecule has 2 heteroatoms. The van der Waals surface area contributed by atoms with Gasteiger partial charge in [-0.25, -0.2) is 0 Å². The number of carbonyl (C=O) groups excluding carboxylic acids is 1. The van der Waals surface area contributed by atoms with E-state index in [1.54, 1.807) is 0 Å². The maximum absolute atomic E-state index is 11.7. The van der Waals surface area contributed by atoms with Gasteiger partial charge in [0.05, 0.1) is 5.54 Å². The van der Waals surface area contributed by atoms with Crippen molar-refractivity contribution in [3.05, 3.63) is 0 Å². The molecule has 0 spiro atoms. The molecule has 86 valence electrons. The Morgan fingerprint density at radius 2 is 1.80 bits per heavy atom. The highest BCUT2D eigenvalue weighted by molar-refractivity contribution is 5.77. The lowest BCUT2D eigenvalue weighted by Gasteiger charge is -2.28. The Morgan fingerprint density at radius 3 is 2.13 bits per heavy atom. The van der Waals surface area contributed by atoms with Crippen molar-refractivity contribution in [2.75, 3.05) is 0 Å². The minimum absolute atomic E-state index is 0.0281. The molecule has 0 aliphatic heterocycles. The molecule has 1 amide bonds.